The maximum atomic E-state index is 5.99. The van der Waals surface area contributed by atoms with Gasteiger partial charge in [-0.1, -0.05) is 67.4 Å². The van der Waals surface area contributed by atoms with E-state index < -0.39 is 3.79 Å². The largest absolute Gasteiger partial charge is 0.192 e. The molecule has 0 aliphatic carbocycles. The summed E-state index contributed by atoms with van der Waals surface area (Å²) in [5.41, 5.74) is 0. The molecule has 0 aromatic rings. The fourth-order valence-corrected chi connectivity index (χ4v) is 2.33. The lowest BCUT2D eigenvalue weighted by atomic mass is 10.1. The molecule has 1 unspecified atom stereocenters. The average Bonchev–Trinajstić information content (AvgIpc) is 1.94. The Morgan fingerprint density at radius 1 is 1.08 bits per heavy atom. The van der Waals surface area contributed by atoms with Crippen molar-refractivity contribution in [2.24, 2.45) is 0 Å². The van der Waals surface area contributed by atoms with Crippen molar-refractivity contribution in [3.63, 3.8) is 0 Å². The number of hydrogen-bond donors (Lipinski definition) is 0. The molecular weight excluding hydrogens is 250 g/mol. The summed E-state index contributed by atoms with van der Waals surface area (Å²) >= 11 is 22.8. The fraction of sp³-hybridized carbons (Fsp3) is 1.00. The summed E-state index contributed by atoms with van der Waals surface area (Å²) in [6, 6.07) is 0. The molecular formula is C9H16Cl4. The van der Waals surface area contributed by atoms with Crippen molar-refractivity contribution >= 4 is 46.4 Å². The van der Waals surface area contributed by atoms with E-state index in [1.807, 2.05) is 0 Å². The van der Waals surface area contributed by atoms with Crippen LogP contribution in [-0.2, 0) is 0 Å². The third-order valence-corrected chi connectivity index (χ3v) is 2.66. The molecule has 0 bridgehead atoms. The smallest absolute Gasteiger partial charge is 0.123 e. The minimum Gasteiger partial charge on any atom is -0.123 e. The maximum Gasteiger partial charge on any atom is 0.192 e. The first-order valence-corrected chi connectivity index (χ1v) is 6.23. The summed E-state index contributed by atoms with van der Waals surface area (Å²) in [7, 11) is 0. The van der Waals surface area contributed by atoms with E-state index >= 15 is 0 Å². The predicted octanol–water partition coefficient (Wildman–Crippen LogP) is 5.32. The van der Waals surface area contributed by atoms with Crippen molar-refractivity contribution in [3.8, 4) is 0 Å². The van der Waals surface area contributed by atoms with E-state index in [0.717, 1.165) is 12.8 Å². The molecule has 0 radical (unpaired) electrons. The van der Waals surface area contributed by atoms with Gasteiger partial charge >= 0.3 is 0 Å². The van der Waals surface area contributed by atoms with Gasteiger partial charge in [0.05, 0.1) is 0 Å². The molecule has 80 valence electrons. The molecule has 0 spiro atoms. The molecule has 0 rings (SSSR count). The van der Waals surface area contributed by atoms with Crippen LogP contribution in [0.3, 0.4) is 0 Å². The third-order valence-electron chi connectivity index (χ3n) is 1.82. The third kappa shape index (κ3) is 11.1. The van der Waals surface area contributed by atoms with Gasteiger partial charge in [-0.15, -0.1) is 11.6 Å². The van der Waals surface area contributed by atoms with Gasteiger partial charge < -0.3 is 0 Å². The Kier molecular flexibility index (Phi) is 8.12. The molecule has 1 atom stereocenters. The van der Waals surface area contributed by atoms with Crippen LogP contribution >= 0.6 is 46.4 Å². The highest BCUT2D eigenvalue weighted by Gasteiger charge is 2.23. The first kappa shape index (κ1) is 14.2. The van der Waals surface area contributed by atoms with Gasteiger partial charge in [-0.2, -0.15) is 0 Å². The van der Waals surface area contributed by atoms with Crippen LogP contribution in [0.5, 0.6) is 0 Å². The number of rotatable bonds is 6. The molecule has 0 heterocycles. The maximum absolute atomic E-state index is 5.99. The number of alkyl halides is 4. The summed E-state index contributed by atoms with van der Waals surface area (Å²) in [5.74, 6) is 0. The first-order valence-electron chi connectivity index (χ1n) is 4.66. The van der Waals surface area contributed by atoms with Crippen molar-refractivity contribution in [3.05, 3.63) is 0 Å². The Morgan fingerprint density at radius 3 is 2.15 bits per heavy atom. The molecule has 0 aliphatic rings. The molecule has 0 N–H and O–H groups in total. The van der Waals surface area contributed by atoms with Gasteiger partial charge in [-0.05, 0) is 6.42 Å². The van der Waals surface area contributed by atoms with Crippen molar-refractivity contribution in [1.29, 1.82) is 0 Å². The minimum atomic E-state index is -1.20. The van der Waals surface area contributed by atoms with Gasteiger partial charge in [-0.3, -0.25) is 0 Å². The lowest BCUT2D eigenvalue weighted by Gasteiger charge is -2.15. The van der Waals surface area contributed by atoms with Crippen molar-refractivity contribution in [1.82, 2.24) is 0 Å². The van der Waals surface area contributed by atoms with Gasteiger partial charge in [0.2, 0.25) is 0 Å². The van der Waals surface area contributed by atoms with Crippen molar-refractivity contribution in [2.45, 2.75) is 54.6 Å². The van der Waals surface area contributed by atoms with E-state index in [2.05, 4.69) is 6.92 Å². The number of unbranched alkanes of at least 4 members (excludes halogenated alkanes) is 3. The molecule has 0 fully saturated rings. The lowest BCUT2D eigenvalue weighted by molar-refractivity contribution is 0.598. The lowest BCUT2D eigenvalue weighted by Crippen LogP contribution is -2.11. The molecule has 0 saturated heterocycles. The van der Waals surface area contributed by atoms with Gasteiger partial charge in [0.1, 0.15) is 0 Å². The fourth-order valence-electron chi connectivity index (χ4n) is 1.15. The second-order valence-electron chi connectivity index (χ2n) is 3.27. The van der Waals surface area contributed by atoms with Gasteiger partial charge in [0, 0.05) is 11.8 Å². The van der Waals surface area contributed by atoms with Crippen LogP contribution in [0.4, 0.5) is 0 Å². The molecule has 0 aliphatic heterocycles. The Bertz CT molecular complexity index is 119. The first-order chi connectivity index (χ1) is 5.95. The van der Waals surface area contributed by atoms with E-state index in [1.165, 1.54) is 19.3 Å². The molecule has 13 heavy (non-hydrogen) atoms. The Labute approximate surface area is 101 Å². The average molecular weight is 266 g/mol. The normalized spacial score (nSPS) is 14.5. The summed E-state index contributed by atoms with van der Waals surface area (Å²) in [4.78, 5) is 0. The highest BCUT2D eigenvalue weighted by Crippen LogP contribution is 2.34. The van der Waals surface area contributed by atoms with E-state index in [4.69, 9.17) is 46.4 Å². The highest BCUT2D eigenvalue weighted by molar-refractivity contribution is 6.67. The zero-order valence-electron chi connectivity index (χ0n) is 7.83. The monoisotopic (exact) mass is 264 g/mol. The van der Waals surface area contributed by atoms with E-state index in [9.17, 15) is 0 Å². The SMILES string of the molecule is CCCCCCC(Cl)CC(Cl)(Cl)Cl. The van der Waals surface area contributed by atoms with Crippen LogP contribution in [0, 0.1) is 0 Å². The molecule has 0 aromatic carbocycles. The Hall–Kier alpha value is 1.16. The van der Waals surface area contributed by atoms with E-state index in [1.54, 1.807) is 0 Å². The van der Waals surface area contributed by atoms with Crippen molar-refractivity contribution < 1.29 is 0 Å². The quantitative estimate of drug-likeness (QED) is 0.450. The molecule has 4 heteroatoms. The highest BCUT2D eigenvalue weighted by atomic mass is 35.6. The Morgan fingerprint density at radius 2 is 1.69 bits per heavy atom. The molecule has 0 nitrogen and oxygen atoms in total. The topological polar surface area (TPSA) is 0 Å². The van der Waals surface area contributed by atoms with Crippen LogP contribution in [0.2, 0.25) is 0 Å². The zero-order chi connectivity index (χ0) is 10.3. The van der Waals surface area contributed by atoms with E-state index in [0.29, 0.717) is 6.42 Å². The molecule has 0 amide bonds. The molecule has 0 aromatic heterocycles. The van der Waals surface area contributed by atoms with Gasteiger partial charge in [0.25, 0.3) is 0 Å². The summed E-state index contributed by atoms with van der Waals surface area (Å²) < 4.78 is -1.20. The summed E-state index contributed by atoms with van der Waals surface area (Å²) in [6.45, 7) is 2.18. The second-order valence-corrected chi connectivity index (χ2v) is 6.40. The Balaban J connectivity index is 3.35. The standard InChI is InChI=1S/C9H16Cl4/c1-2-3-4-5-6-8(10)7-9(11,12)13/h8H,2-7H2,1H3. The number of hydrogen-bond acceptors (Lipinski definition) is 0. The van der Waals surface area contributed by atoms with Gasteiger partial charge in [-0.25, -0.2) is 0 Å². The van der Waals surface area contributed by atoms with Crippen molar-refractivity contribution in [2.75, 3.05) is 0 Å². The van der Waals surface area contributed by atoms with Crippen LogP contribution in [-0.4, -0.2) is 9.17 Å². The van der Waals surface area contributed by atoms with Crippen LogP contribution in [0.1, 0.15) is 45.4 Å². The predicted molar refractivity (Wildman–Crippen MR) is 63.3 cm³/mol. The summed E-state index contributed by atoms with van der Waals surface area (Å²) in [5, 5.41) is -0.00986. The zero-order valence-corrected chi connectivity index (χ0v) is 10.9. The molecule has 0 saturated carbocycles. The van der Waals surface area contributed by atoms with Crippen LogP contribution < -0.4 is 0 Å². The van der Waals surface area contributed by atoms with Gasteiger partial charge in [0.15, 0.2) is 3.79 Å². The van der Waals surface area contributed by atoms with Crippen LogP contribution in [0.25, 0.3) is 0 Å². The van der Waals surface area contributed by atoms with E-state index in [-0.39, 0.29) is 5.38 Å². The van der Waals surface area contributed by atoms with Crippen LogP contribution in [0.15, 0.2) is 0 Å². The summed E-state index contributed by atoms with van der Waals surface area (Å²) in [6.07, 6.45) is 6.22. The minimum absolute atomic E-state index is 0.00986. The second kappa shape index (κ2) is 7.45. The number of halogens is 4.